The van der Waals surface area contributed by atoms with Gasteiger partial charge in [0.05, 0.1) is 5.56 Å². The molecule has 2 N–H and O–H groups in total. The second kappa shape index (κ2) is 6.81. The maximum atomic E-state index is 12.5. The van der Waals surface area contributed by atoms with Gasteiger partial charge < -0.3 is 10.1 Å². The van der Waals surface area contributed by atoms with Crippen LogP contribution in [0.2, 0.25) is 0 Å². The standard InChI is InChI=1S/C17H18N4O4/c18-10-12-6-2-3-7-13(12)25-11-14(22)20-21-15(23)17(19-16(21)24)8-4-1-5-9-17/h2-3,6-7H,1,4-5,8-9,11H2,(H,19,24)(H,20,22). The third-order valence-electron chi connectivity index (χ3n) is 4.47. The van der Waals surface area contributed by atoms with Gasteiger partial charge in [0.25, 0.3) is 11.8 Å². The molecule has 1 aliphatic heterocycles. The van der Waals surface area contributed by atoms with E-state index in [-0.39, 0.29) is 5.75 Å². The molecular formula is C17H18N4O4. The number of hydrazine groups is 1. The lowest BCUT2D eigenvalue weighted by molar-refractivity contribution is -0.140. The number of amides is 4. The monoisotopic (exact) mass is 342 g/mol. The summed E-state index contributed by atoms with van der Waals surface area (Å²) in [6.45, 7) is -0.414. The molecule has 4 amide bonds. The van der Waals surface area contributed by atoms with Crippen LogP contribution in [0.5, 0.6) is 5.75 Å². The quantitative estimate of drug-likeness (QED) is 0.799. The maximum Gasteiger partial charge on any atom is 0.344 e. The Balaban J connectivity index is 1.60. The minimum Gasteiger partial charge on any atom is -0.482 e. The molecule has 2 fully saturated rings. The number of nitrogens with one attached hydrogen (secondary N) is 2. The smallest absolute Gasteiger partial charge is 0.344 e. The summed E-state index contributed by atoms with van der Waals surface area (Å²) in [6, 6.07) is 7.83. The number of carbonyl (C=O) groups is 3. The predicted octanol–water partition coefficient (Wildman–Crippen LogP) is 1.22. The highest BCUT2D eigenvalue weighted by Crippen LogP contribution is 2.32. The number of urea groups is 1. The largest absolute Gasteiger partial charge is 0.482 e. The third kappa shape index (κ3) is 3.26. The second-order valence-electron chi connectivity index (χ2n) is 6.15. The van der Waals surface area contributed by atoms with E-state index in [2.05, 4.69) is 10.7 Å². The summed E-state index contributed by atoms with van der Waals surface area (Å²) in [4.78, 5) is 36.7. The van der Waals surface area contributed by atoms with Crippen LogP contribution in [0.3, 0.4) is 0 Å². The number of imide groups is 1. The van der Waals surface area contributed by atoms with Crippen LogP contribution in [0, 0.1) is 11.3 Å². The first-order valence-electron chi connectivity index (χ1n) is 8.14. The fourth-order valence-electron chi connectivity index (χ4n) is 3.20. The highest BCUT2D eigenvalue weighted by Gasteiger charge is 2.52. The third-order valence-corrected chi connectivity index (χ3v) is 4.47. The summed E-state index contributed by atoms with van der Waals surface area (Å²) in [7, 11) is 0. The molecule has 8 nitrogen and oxygen atoms in total. The van der Waals surface area contributed by atoms with Gasteiger partial charge in [-0.3, -0.25) is 15.0 Å². The normalized spacial score (nSPS) is 18.6. The summed E-state index contributed by atoms with van der Waals surface area (Å²) in [6.07, 6.45) is 3.92. The molecule has 1 saturated carbocycles. The van der Waals surface area contributed by atoms with Crippen molar-refractivity contribution in [2.45, 2.75) is 37.6 Å². The van der Waals surface area contributed by atoms with Crippen molar-refractivity contribution in [3.63, 3.8) is 0 Å². The van der Waals surface area contributed by atoms with Crippen LogP contribution in [0.15, 0.2) is 24.3 Å². The molecule has 1 spiro atoms. The average Bonchev–Trinajstić information content (AvgIpc) is 2.85. The highest BCUT2D eigenvalue weighted by atomic mass is 16.5. The van der Waals surface area contributed by atoms with E-state index >= 15 is 0 Å². The van der Waals surface area contributed by atoms with E-state index in [9.17, 15) is 14.4 Å². The summed E-state index contributed by atoms with van der Waals surface area (Å²) < 4.78 is 5.30. The van der Waals surface area contributed by atoms with Crippen molar-refractivity contribution in [1.82, 2.24) is 15.8 Å². The molecule has 0 unspecified atom stereocenters. The number of carbonyl (C=O) groups excluding carboxylic acids is 3. The molecule has 2 aliphatic rings. The van der Waals surface area contributed by atoms with Gasteiger partial charge in [0.15, 0.2) is 6.61 Å². The molecule has 8 heteroatoms. The number of hydrogen-bond acceptors (Lipinski definition) is 5. The Labute approximate surface area is 144 Å². The molecule has 1 aromatic carbocycles. The number of para-hydroxylation sites is 1. The van der Waals surface area contributed by atoms with Gasteiger partial charge in [0.1, 0.15) is 17.4 Å². The summed E-state index contributed by atoms with van der Waals surface area (Å²) in [5.41, 5.74) is 1.69. The fourth-order valence-corrected chi connectivity index (χ4v) is 3.20. The van der Waals surface area contributed by atoms with Crippen LogP contribution in [0.25, 0.3) is 0 Å². The predicted molar refractivity (Wildman–Crippen MR) is 86.0 cm³/mol. The van der Waals surface area contributed by atoms with Gasteiger partial charge in [0, 0.05) is 0 Å². The Morgan fingerprint density at radius 3 is 2.72 bits per heavy atom. The van der Waals surface area contributed by atoms with Crippen LogP contribution in [0.1, 0.15) is 37.7 Å². The van der Waals surface area contributed by atoms with Crippen molar-refractivity contribution in [1.29, 1.82) is 5.26 Å². The van der Waals surface area contributed by atoms with Gasteiger partial charge in [-0.2, -0.15) is 10.3 Å². The molecule has 0 bridgehead atoms. The number of nitrogens with zero attached hydrogens (tertiary/aromatic N) is 2. The molecule has 130 valence electrons. The van der Waals surface area contributed by atoms with Gasteiger partial charge in [-0.1, -0.05) is 31.4 Å². The molecule has 25 heavy (non-hydrogen) atoms. The number of benzene rings is 1. The Hall–Kier alpha value is -3.08. The Kier molecular flexibility index (Phi) is 4.57. The SMILES string of the molecule is N#Cc1ccccc1OCC(=O)NN1C(=O)NC2(CCCCC2)C1=O. The highest BCUT2D eigenvalue weighted by molar-refractivity contribution is 6.08. The summed E-state index contributed by atoms with van der Waals surface area (Å²) in [5, 5.41) is 12.4. The summed E-state index contributed by atoms with van der Waals surface area (Å²) >= 11 is 0. The number of hydrogen-bond donors (Lipinski definition) is 2. The molecular weight excluding hydrogens is 324 g/mol. The number of ether oxygens (including phenoxy) is 1. The van der Waals surface area contributed by atoms with E-state index in [0.29, 0.717) is 18.4 Å². The van der Waals surface area contributed by atoms with Crippen LogP contribution in [-0.4, -0.2) is 35.0 Å². The van der Waals surface area contributed by atoms with E-state index in [1.165, 1.54) is 0 Å². The van der Waals surface area contributed by atoms with E-state index in [0.717, 1.165) is 24.3 Å². The lowest BCUT2D eigenvalue weighted by Gasteiger charge is -2.30. The zero-order chi connectivity index (χ0) is 17.9. The molecule has 1 aliphatic carbocycles. The van der Waals surface area contributed by atoms with Gasteiger partial charge in [0.2, 0.25) is 0 Å². The van der Waals surface area contributed by atoms with E-state index < -0.39 is 30.0 Å². The van der Waals surface area contributed by atoms with Crippen molar-refractivity contribution in [3.05, 3.63) is 29.8 Å². The minimum atomic E-state index is -0.892. The van der Waals surface area contributed by atoms with Crippen molar-refractivity contribution in [2.75, 3.05) is 6.61 Å². The molecule has 0 aromatic heterocycles. The average molecular weight is 342 g/mol. The maximum absolute atomic E-state index is 12.5. The molecule has 1 aromatic rings. The first-order chi connectivity index (χ1) is 12.1. The Bertz CT molecular complexity index is 749. The van der Waals surface area contributed by atoms with Gasteiger partial charge in [-0.25, -0.2) is 4.79 Å². The van der Waals surface area contributed by atoms with Gasteiger partial charge in [-0.15, -0.1) is 0 Å². The van der Waals surface area contributed by atoms with E-state index in [4.69, 9.17) is 10.00 Å². The molecule has 1 saturated heterocycles. The van der Waals surface area contributed by atoms with Crippen molar-refractivity contribution in [2.24, 2.45) is 0 Å². The number of nitriles is 1. The fraction of sp³-hybridized carbons (Fsp3) is 0.412. The first kappa shape index (κ1) is 16.8. The van der Waals surface area contributed by atoms with Crippen molar-refractivity contribution < 1.29 is 19.1 Å². The lowest BCUT2D eigenvalue weighted by Crippen LogP contribution is -2.51. The van der Waals surface area contributed by atoms with Gasteiger partial charge >= 0.3 is 6.03 Å². The molecule has 1 heterocycles. The Morgan fingerprint density at radius 1 is 1.28 bits per heavy atom. The molecule has 0 radical (unpaired) electrons. The zero-order valence-electron chi connectivity index (χ0n) is 13.6. The zero-order valence-corrected chi connectivity index (χ0v) is 13.6. The molecule has 3 rings (SSSR count). The van der Waals surface area contributed by atoms with Crippen LogP contribution in [0.4, 0.5) is 4.79 Å². The van der Waals surface area contributed by atoms with Crippen molar-refractivity contribution >= 4 is 17.8 Å². The van der Waals surface area contributed by atoms with E-state index in [1.54, 1.807) is 24.3 Å². The van der Waals surface area contributed by atoms with Crippen molar-refractivity contribution in [3.8, 4) is 11.8 Å². The van der Waals surface area contributed by atoms with Crippen LogP contribution < -0.4 is 15.5 Å². The topological polar surface area (TPSA) is 112 Å². The number of rotatable bonds is 4. The molecule has 0 atom stereocenters. The first-order valence-corrected chi connectivity index (χ1v) is 8.14. The van der Waals surface area contributed by atoms with Crippen LogP contribution >= 0.6 is 0 Å². The van der Waals surface area contributed by atoms with Crippen LogP contribution in [-0.2, 0) is 9.59 Å². The van der Waals surface area contributed by atoms with E-state index in [1.807, 2.05) is 6.07 Å². The Morgan fingerprint density at radius 2 is 2.00 bits per heavy atom. The second-order valence-corrected chi connectivity index (χ2v) is 6.15. The summed E-state index contributed by atoms with van der Waals surface area (Å²) in [5.74, 6) is -0.812. The minimum absolute atomic E-state index is 0.265. The van der Waals surface area contributed by atoms with Gasteiger partial charge in [-0.05, 0) is 25.0 Å². The lowest BCUT2D eigenvalue weighted by atomic mass is 9.82.